The predicted molar refractivity (Wildman–Crippen MR) is 129 cm³/mol. The van der Waals surface area contributed by atoms with Crippen LogP contribution in [0.4, 0.5) is 13.2 Å². The average Bonchev–Trinajstić information content (AvgIpc) is 3.35. The van der Waals surface area contributed by atoms with Gasteiger partial charge in [-0.15, -0.1) is 0 Å². The van der Waals surface area contributed by atoms with Crippen molar-refractivity contribution in [3.63, 3.8) is 0 Å². The van der Waals surface area contributed by atoms with Gasteiger partial charge in [0.05, 0.1) is 29.3 Å². The molecule has 1 aliphatic heterocycles. The third-order valence-electron chi connectivity index (χ3n) is 7.27. The Bertz CT molecular complexity index is 1190. The van der Waals surface area contributed by atoms with E-state index in [4.69, 9.17) is 5.26 Å². The van der Waals surface area contributed by atoms with Crippen molar-refractivity contribution in [2.45, 2.75) is 56.0 Å². The minimum absolute atomic E-state index is 0.0916. The van der Waals surface area contributed by atoms with Gasteiger partial charge in [0.15, 0.2) is 0 Å². The Balaban J connectivity index is 1.22. The molecule has 4 rings (SSSR count). The third kappa shape index (κ3) is 6.48. The first kappa shape index (κ1) is 26.6. The SMILES string of the molecule is N#Cc1cccc(C2(O)CCC(N3CC[C@@H](NC(=O)CNC(=O)c4cccc(C(F)(F)F)c4)C3)CC2)c1. The maximum atomic E-state index is 12.9. The van der Waals surface area contributed by atoms with Gasteiger partial charge in [-0.2, -0.15) is 18.4 Å². The number of carbonyl (C=O) groups excluding carboxylic acids is 2. The van der Waals surface area contributed by atoms with Crippen LogP contribution in [0.25, 0.3) is 0 Å². The number of carbonyl (C=O) groups is 2. The Morgan fingerprint density at radius 1 is 1.11 bits per heavy atom. The number of nitrogens with zero attached hydrogens (tertiary/aromatic N) is 2. The minimum Gasteiger partial charge on any atom is -0.385 e. The summed E-state index contributed by atoms with van der Waals surface area (Å²) in [5.41, 5.74) is -0.742. The van der Waals surface area contributed by atoms with Gasteiger partial charge in [-0.25, -0.2) is 0 Å². The molecule has 196 valence electrons. The van der Waals surface area contributed by atoms with Crippen LogP contribution in [0.1, 0.15) is 59.2 Å². The molecular weight excluding hydrogens is 485 g/mol. The van der Waals surface area contributed by atoms with E-state index >= 15 is 0 Å². The molecule has 1 atom stereocenters. The fourth-order valence-corrected chi connectivity index (χ4v) is 5.23. The number of hydrogen-bond acceptors (Lipinski definition) is 5. The maximum Gasteiger partial charge on any atom is 0.416 e. The van der Waals surface area contributed by atoms with Crippen molar-refractivity contribution in [2.75, 3.05) is 19.6 Å². The lowest BCUT2D eigenvalue weighted by Gasteiger charge is -2.40. The number of nitriles is 1. The highest BCUT2D eigenvalue weighted by molar-refractivity contribution is 5.96. The Kier molecular flexibility index (Phi) is 7.85. The second-order valence-corrected chi connectivity index (χ2v) is 9.76. The van der Waals surface area contributed by atoms with Crippen molar-refractivity contribution in [1.82, 2.24) is 15.5 Å². The third-order valence-corrected chi connectivity index (χ3v) is 7.27. The van der Waals surface area contributed by atoms with Gasteiger partial charge in [-0.05, 0) is 68.0 Å². The van der Waals surface area contributed by atoms with E-state index < -0.39 is 29.2 Å². The van der Waals surface area contributed by atoms with Gasteiger partial charge < -0.3 is 15.7 Å². The summed E-state index contributed by atoms with van der Waals surface area (Å²) in [5.74, 6) is -1.15. The van der Waals surface area contributed by atoms with Crippen LogP contribution in [0.5, 0.6) is 0 Å². The molecule has 37 heavy (non-hydrogen) atoms. The smallest absolute Gasteiger partial charge is 0.385 e. The molecule has 0 aromatic heterocycles. The number of rotatable bonds is 6. The Labute approximate surface area is 213 Å². The number of likely N-dealkylation sites (tertiary alicyclic amines) is 1. The van der Waals surface area contributed by atoms with E-state index in [2.05, 4.69) is 21.6 Å². The van der Waals surface area contributed by atoms with E-state index in [0.29, 0.717) is 24.9 Å². The molecule has 7 nitrogen and oxygen atoms in total. The average molecular weight is 515 g/mol. The normalized spacial score (nSPS) is 24.3. The molecule has 0 radical (unpaired) electrons. The summed E-state index contributed by atoms with van der Waals surface area (Å²) < 4.78 is 38.6. The summed E-state index contributed by atoms with van der Waals surface area (Å²) in [6, 6.07) is 13.5. The van der Waals surface area contributed by atoms with Crippen LogP contribution in [0.2, 0.25) is 0 Å². The van der Waals surface area contributed by atoms with Gasteiger partial charge in [-0.1, -0.05) is 18.2 Å². The molecule has 10 heteroatoms. The zero-order chi connectivity index (χ0) is 26.6. The number of hydrogen-bond donors (Lipinski definition) is 3. The molecule has 2 amide bonds. The summed E-state index contributed by atoms with van der Waals surface area (Å²) in [6.45, 7) is 1.12. The van der Waals surface area contributed by atoms with E-state index in [1.165, 1.54) is 6.07 Å². The van der Waals surface area contributed by atoms with E-state index in [1.54, 1.807) is 18.2 Å². The largest absolute Gasteiger partial charge is 0.416 e. The van der Waals surface area contributed by atoms with Gasteiger partial charge in [0, 0.05) is 30.7 Å². The predicted octanol–water partition coefficient (Wildman–Crippen LogP) is 3.33. The Morgan fingerprint density at radius 2 is 1.84 bits per heavy atom. The molecule has 2 aromatic carbocycles. The molecule has 0 spiro atoms. The van der Waals surface area contributed by atoms with Crippen LogP contribution >= 0.6 is 0 Å². The lowest BCUT2D eigenvalue weighted by molar-refractivity contribution is -0.137. The molecule has 0 bridgehead atoms. The molecule has 2 aromatic rings. The number of amides is 2. The van der Waals surface area contributed by atoms with E-state index in [1.807, 2.05) is 6.07 Å². The molecule has 1 saturated carbocycles. The number of nitrogens with one attached hydrogen (secondary N) is 2. The fourth-order valence-electron chi connectivity index (χ4n) is 5.23. The lowest BCUT2D eigenvalue weighted by Crippen LogP contribution is -2.45. The first-order valence-electron chi connectivity index (χ1n) is 12.3. The summed E-state index contributed by atoms with van der Waals surface area (Å²) in [7, 11) is 0. The van der Waals surface area contributed by atoms with Crippen molar-refractivity contribution in [3.8, 4) is 6.07 Å². The lowest BCUT2D eigenvalue weighted by atomic mass is 9.77. The molecule has 3 N–H and O–H groups in total. The molecule has 2 fully saturated rings. The van der Waals surface area contributed by atoms with Crippen LogP contribution in [0.15, 0.2) is 48.5 Å². The summed E-state index contributed by atoms with van der Waals surface area (Å²) >= 11 is 0. The second-order valence-electron chi connectivity index (χ2n) is 9.76. The fraction of sp³-hybridized carbons (Fsp3) is 0.444. The van der Waals surface area contributed by atoms with Crippen LogP contribution < -0.4 is 10.6 Å². The van der Waals surface area contributed by atoms with Crippen molar-refractivity contribution in [3.05, 3.63) is 70.8 Å². The second kappa shape index (κ2) is 10.9. The van der Waals surface area contributed by atoms with E-state index in [-0.39, 0.29) is 24.2 Å². The first-order valence-corrected chi connectivity index (χ1v) is 12.3. The van der Waals surface area contributed by atoms with Gasteiger partial charge in [0.2, 0.25) is 5.91 Å². The zero-order valence-corrected chi connectivity index (χ0v) is 20.2. The maximum absolute atomic E-state index is 12.9. The van der Waals surface area contributed by atoms with Gasteiger partial charge in [-0.3, -0.25) is 14.5 Å². The highest BCUT2D eigenvalue weighted by Gasteiger charge is 2.38. The quantitative estimate of drug-likeness (QED) is 0.549. The van der Waals surface area contributed by atoms with Crippen molar-refractivity contribution >= 4 is 11.8 Å². The molecule has 1 heterocycles. The Morgan fingerprint density at radius 3 is 2.54 bits per heavy atom. The summed E-state index contributed by atoms with van der Waals surface area (Å²) in [6.07, 6.45) is -1.05. The number of aliphatic hydroxyl groups is 1. The van der Waals surface area contributed by atoms with Crippen LogP contribution in [0.3, 0.4) is 0 Å². The van der Waals surface area contributed by atoms with E-state index in [0.717, 1.165) is 49.6 Å². The van der Waals surface area contributed by atoms with Gasteiger partial charge in [0.1, 0.15) is 0 Å². The van der Waals surface area contributed by atoms with Crippen LogP contribution in [-0.2, 0) is 16.6 Å². The monoisotopic (exact) mass is 514 g/mol. The number of alkyl halides is 3. The molecule has 0 unspecified atom stereocenters. The molecule has 1 saturated heterocycles. The zero-order valence-electron chi connectivity index (χ0n) is 20.2. The number of benzene rings is 2. The number of halogens is 3. The minimum atomic E-state index is -4.55. The van der Waals surface area contributed by atoms with Gasteiger partial charge >= 0.3 is 6.18 Å². The highest BCUT2D eigenvalue weighted by atomic mass is 19.4. The first-order chi connectivity index (χ1) is 17.6. The summed E-state index contributed by atoms with van der Waals surface area (Å²) in [4.78, 5) is 26.9. The standard InChI is InChI=1S/C27H29F3N4O3/c28-27(29,30)21-6-2-4-19(14-21)25(36)32-16-24(35)33-22-9-12-34(17-22)23-7-10-26(37,11-8-23)20-5-1-3-18(13-20)15-31/h1-6,13-14,22-23,37H,7-12,16-17H2,(H,32,36)(H,33,35)/t22-,23?,26?/m1/s1. The van der Waals surface area contributed by atoms with Crippen LogP contribution in [0, 0.1) is 11.3 Å². The molecule has 2 aliphatic rings. The highest BCUT2D eigenvalue weighted by Crippen LogP contribution is 2.39. The van der Waals surface area contributed by atoms with Crippen LogP contribution in [-0.4, -0.2) is 53.5 Å². The molecular formula is C27H29F3N4O3. The topological polar surface area (TPSA) is 105 Å². The van der Waals surface area contributed by atoms with Gasteiger partial charge in [0.25, 0.3) is 5.91 Å². The van der Waals surface area contributed by atoms with Crippen molar-refractivity contribution < 1.29 is 27.9 Å². The van der Waals surface area contributed by atoms with Crippen molar-refractivity contribution in [2.24, 2.45) is 0 Å². The Hall–Kier alpha value is -3.42. The van der Waals surface area contributed by atoms with E-state index in [9.17, 15) is 27.9 Å². The van der Waals surface area contributed by atoms with Crippen molar-refractivity contribution in [1.29, 1.82) is 5.26 Å². The molecule has 1 aliphatic carbocycles. The summed E-state index contributed by atoms with van der Waals surface area (Å²) in [5, 5.41) is 25.6.